The minimum absolute atomic E-state index is 0. The second-order valence-electron chi connectivity index (χ2n) is 7.15. The van der Waals surface area contributed by atoms with E-state index < -0.39 is 0 Å². The summed E-state index contributed by atoms with van der Waals surface area (Å²) in [6.07, 6.45) is 0.942. The Morgan fingerprint density at radius 3 is 2.78 bits per heavy atom. The highest BCUT2D eigenvalue weighted by molar-refractivity contribution is 14.0. The Labute approximate surface area is 180 Å². The summed E-state index contributed by atoms with van der Waals surface area (Å²) in [5.74, 6) is 1.97. The topological polar surface area (TPSA) is 72.9 Å². The van der Waals surface area contributed by atoms with Gasteiger partial charge in [-0.2, -0.15) is 0 Å². The van der Waals surface area contributed by atoms with E-state index in [4.69, 9.17) is 0 Å². The molecule has 27 heavy (non-hydrogen) atoms. The molecular formula is C19H33IN6O. The number of carbonyl (C=O) groups excluding carboxylic acids is 1. The molecule has 0 saturated carbocycles. The SMILES string of the molecule is CCNC(=NCc1cccc(N(C)C)n1)NC1CCN(C(=O)C(C)C)C1.I. The summed E-state index contributed by atoms with van der Waals surface area (Å²) in [7, 11) is 3.95. The standard InChI is InChI=1S/C19H32N6O.HI/c1-6-20-19(21-12-15-8-7-9-17(22-15)24(4)5)23-16-10-11-25(13-16)18(26)14(2)3;/h7-9,14,16H,6,10-13H2,1-5H3,(H2,20,21,23);1H. The van der Waals surface area contributed by atoms with Crippen LogP contribution < -0.4 is 15.5 Å². The summed E-state index contributed by atoms with van der Waals surface area (Å²) in [5.41, 5.74) is 0.927. The van der Waals surface area contributed by atoms with Crippen LogP contribution in [0.5, 0.6) is 0 Å². The first-order valence-corrected chi connectivity index (χ1v) is 9.37. The number of carbonyl (C=O) groups is 1. The molecule has 0 aromatic carbocycles. The number of pyridine rings is 1. The number of hydrogen-bond donors (Lipinski definition) is 2. The molecule has 2 heterocycles. The average Bonchev–Trinajstić information content (AvgIpc) is 3.07. The first kappa shape index (κ1) is 23.5. The zero-order valence-corrected chi connectivity index (χ0v) is 19.4. The van der Waals surface area contributed by atoms with E-state index in [1.165, 1.54) is 0 Å². The van der Waals surface area contributed by atoms with Gasteiger partial charge < -0.3 is 20.4 Å². The maximum Gasteiger partial charge on any atom is 0.225 e. The summed E-state index contributed by atoms with van der Waals surface area (Å²) in [6, 6.07) is 6.20. The van der Waals surface area contributed by atoms with Gasteiger partial charge in [0, 0.05) is 45.7 Å². The molecule has 1 aromatic rings. The second-order valence-corrected chi connectivity index (χ2v) is 7.15. The van der Waals surface area contributed by atoms with Gasteiger partial charge in [-0.25, -0.2) is 9.98 Å². The van der Waals surface area contributed by atoms with Crippen LogP contribution in [0.25, 0.3) is 0 Å². The van der Waals surface area contributed by atoms with Crippen molar-refractivity contribution < 1.29 is 4.79 Å². The lowest BCUT2D eigenvalue weighted by molar-refractivity contribution is -0.133. The molecule has 1 fully saturated rings. The Bertz CT molecular complexity index is 634. The van der Waals surface area contributed by atoms with Crippen molar-refractivity contribution in [1.82, 2.24) is 20.5 Å². The number of guanidine groups is 1. The molecule has 0 spiro atoms. The predicted molar refractivity (Wildman–Crippen MR) is 122 cm³/mol. The maximum absolute atomic E-state index is 12.1. The van der Waals surface area contributed by atoms with Crippen molar-refractivity contribution >= 4 is 41.7 Å². The van der Waals surface area contributed by atoms with E-state index in [0.29, 0.717) is 6.54 Å². The van der Waals surface area contributed by atoms with Crippen molar-refractivity contribution in [1.29, 1.82) is 0 Å². The first-order chi connectivity index (χ1) is 12.4. The number of amides is 1. The largest absolute Gasteiger partial charge is 0.363 e. The maximum atomic E-state index is 12.1. The summed E-state index contributed by atoms with van der Waals surface area (Å²) in [5, 5.41) is 6.74. The van der Waals surface area contributed by atoms with Gasteiger partial charge >= 0.3 is 0 Å². The normalized spacial score (nSPS) is 16.9. The van der Waals surface area contributed by atoms with Crippen molar-refractivity contribution in [2.24, 2.45) is 10.9 Å². The summed E-state index contributed by atoms with van der Waals surface area (Å²) >= 11 is 0. The number of anilines is 1. The van der Waals surface area contributed by atoms with Crippen LogP contribution in [0.1, 0.15) is 32.9 Å². The number of hydrogen-bond acceptors (Lipinski definition) is 4. The third-order valence-corrected chi connectivity index (χ3v) is 4.33. The molecule has 0 radical (unpaired) electrons. The summed E-state index contributed by atoms with van der Waals surface area (Å²) in [6.45, 7) is 8.78. The number of nitrogens with zero attached hydrogens (tertiary/aromatic N) is 4. The van der Waals surface area contributed by atoms with Crippen molar-refractivity contribution in [2.45, 2.75) is 39.8 Å². The predicted octanol–water partition coefficient (Wildman–Crippen LogP) is 2.08. The Morgan fingerprint density at radius 2 is 2.15 bits per heavy atom. The van der Waals surface area contributed by atoms with E-state index in [1.54, 1.807) is 0 Å². The molecular weight excluding hydrogens is 455 g/mol. The molecule has 2 N–H and O–H groups in total. The molecule has 0 bridgehead atoms. The van der Waals surface area contributed by atoms with Gasteiger partial charge in [0.15, 0.2) is 5.96 Å². The van der Waals surface area contributed by atoms with Gasteiger partial charge in [0.2, 0.25) is 5.91 Å². The third-order valence-electron chi connectivity index (χ3n) is 4.33. The van der Waals surface area contributed by atoms with Gasteiger partial charge in [-0.1, -0.05) is 19.9 Å². The molecule has 1 aliphatic heterocycles. The van der Waals surface area contributed by atoms with Crippen LogP contribution in [0, 0.1) is 5.92 Å². The molecule has 1 amide bonds. The average molecular weight is 488 g/mol. The van der Waals surface area contributed by atoms with Gasteiger partial charge in [-0.15, -0.1) is 24.0 Å². The molecule has 152 valence electrons. The first-order valence-electron chi connectivity index (χ1n) is 9.37. The van der Waals surface area contributed by atoms with Crippen LogP contribution in [0.2, 0.25) is 0 Å². The van der Waals surface area contributed by atoms with Crippen LogP contribution in [-0.4, -0.2) is 61.5 Å². The smallest absolute Gasteiger partial charge is 0.225 e. The van der Waals surface area contributed by atoms with Gasteiger partial charge in [0.05, 0.1) is 12.2 Å². The van der Waals surface area contributed by atoms with Crippen molar-refractivity contribution in [3.05, 3.63) is 23.9 Å². The highest BCUT2D eigenvalue weighted by atomic mass is 127. The van der Waals surface area contributed by atoms with Crippen LogP contribution in [0.3, 0.4) is 0 Å². The fourth-order valence-corrected chi connectivity index (χ4v) is 2.92. The zero-order chi connectivity index (χ0) is 19.1. The Morgan fingerprint density at radius 1 is 1.41 bits per heavy atom. The van der Waals surface area contributed by atoms with Gasteiger partial charge in [0.1, 0.15) is 5.82 Å². The van der Waals surface area contributed by atoms with Crippen LogP contribution in [0.15, 0.2) is 23.2 Å². The highest BCUT2D eigenvalue weighted by Gasteiger charge is 2.27. The van der Waals surface area contributed by atoms with Crippen LogP contribution >= 0.6 is 24.0 Å². The monoisotopic (exact) mass is 488 g/mol. The number of nitrogens with one attached hydrogen (secondary N) is 2. The Balaban J connectivity index is 0.00000364. The summed E-state index contributed by atoms with van der Waals surface area (Å²) in [4.78, 5) is 25.3. The number of halogens is 1. The fraction of sp³-hybridized carbons (Fsp3) is 0.632. The molecule has 8 heteroatoms. The quantitative estimate of drug-likeness (QED) is 0.365. The van der Waals surface area contributed by atoms with Gasteiger partial charge in [0.25, 0.3) is 0 Å². The molecule has 1 atom stereocenters. The summed E-state index contributed by atoms with van der Waals surface area (Å²) < 4.78 is 0. The van der Waals surface area contributed by atoms with E-state index >= 15 is 0 Å². The lowest BCUT2D eigenvalue weighted by Crippen LogP contribution is -2.45. The number of rotatable bonds is 6. The zero-order valence-electron chi connectivity index (χ0n) is 17.0. The number of likely N-dealkylation sites (tertiary alicyclic amines) is 1. The van der Waals surface area contributed by atoms with Gasteiger partial charge in [-0.3, -0.25) is 4.79 Å². The molecule has 1 saturated heterocycles. The van der Waals surface area contributed by atoms with E-state index in [-0.39, 0.29) is 41.8 Å². The minimum Gasteiger partial charge on any atom is -0.363 e. The minimum atomic E-state index is 0. The third kappa shape index (κ3) is 7.15. The lowest BCUT2D eigenvalue weighted by Gasteiger charge is -2.20. The van der Waals surface area contributed by atoms with Crippen LogP contribution in [0.4, 0.5) is 5.82 Å². The number of aromatic nitrogens is 1. The van der Waals surface area contributed by atoms with Crippen molar-refractivity contribution in [3.8, 4) is 0 Å². The van der Waals surface area contributed by atoms with E-state index in [2.05, 4.69) is 20.6 Å². The second kappa shape index (κ2) is 11.3. The lowest BCUT2D eigenvalue weighted by atomic mass is 10.2. The van der Waals surface area contributed by atoms with E-state index in [0.717, 1.165) is 43.5 Å². The number of aliphatic imine (C=N–C) groups is 1. The van der Waals surface area contributed by atoms with Crippen molar-refractivity contribution in [3.63, 3.8) is 0 Å². The molecule has 1 unspecified atom stereocenters. The molecule has 1 aromatic heterocycles. The van der Waals surface area contributed by atoms with Gasteiger partial charge in [-0.05, 0) is 25.5 Å². The Hall–Kier alpha value is -1.58. The van der Waals surface area contributed by atoms with Crippen molar-refractivity contribution in [2.75, 3.05) is 38.6 Å². The Kier molecular flexibility index (Phi) is 9.82. The van der Waals surface area contributed by atoms with E-state index in [9.17, 15) is 4.79 Å². The van der Waals surface area contributed by atoms with Crippen LogP contribution in [-0.2, 0) is 11.3 Å². The molecule has 2 rings (SSSR count). The molecule has 1 aliphatic rings. The molecule has 7 nitrogen and oxygen atoms in total. The highest BCUT2D eigenvalue weighted by Crippen LogP contribution is 2.13. The fourth-order valence-electron chi connectivity index (χ4n) is 2.92. The molecule has 0 aliphatic carbocycles. The van der Waals surface area contributed by atoms with E-state index in [1.807, 2.05) is 62.9 Å².